The third kappa shape index (κ3) is 4.80. The summed E-state index contributed by atoms with van der Waals surface area (Å²) in [6, 6.07) is 16.5. The van der Waals surface area contributed by atoms with Gasteiger partial charge in [-0.25, -0.2) is 4.79 Å². The van der Waals surface area contributed by atoms with E-state index < -0.39 is 0 Å². The van der Waals surface area contributed by atoms with E-state index in [9.17, 15) is 4.79 Å². The molecule has 5 heteroatoms. The lowest BCUT2D eigenvalue weighted by molar-refractivity contribution is 0.0600. The van der Waals surface area contributed by atoms with Crippen molar-refractivity contribution in [2.24, 2.45) is 0 Å². The molecule has 0 aromatic heterocycles. The third-order valence-corrected chi connectivity index (χ3v) is 5.27. The molecule has 2 aromatic rings. The average Bonchev–Trinajstić information content (AvgIpc) is 2.72. The highest BCUT2D eigenvalue weighted by atomic mass is 16.5. The van der Waals surface area contributed by atoms with Crippen LogP contribution in [0.15, 0.2) is 48.5 Å². The number of benzene rings is 2. The maximum atomic E-state index is 11.6. The molecule has 2 aromatic carbocycles. The topological polar surface area (TPSA) is 42.0 Å². The summed E-state index contributed by atoms with van der Waals surface area (Å²) in [7, 11) is 3.10. The van der Waals surface area contributed by atoms with Gasteiger partial charge in [0.1, 0.15) is 5.75 Å². The highest BCUT2D eigenvalue weighted by Crippen LogP contribution is 2.21. The molecule has 1 aliphatic heterocycles. The Morgan fingerprint density at radius 1 is 1.04 bits per heavy atom. The maximum absolute atomic E-state index is 11.6. The Hall–Kier alpha value is -2.53. The molecule has 1 heterocycles. The standard InChI is InChI=1S/C22H28N2O3/c1-17-16-24(20-8-6-19(7-9-20)22(25)27-3)15-14-23(17)13-12-18-4-10-21(26-2)11-5-18/h4-11,17H,12-16H2,1-3H3. The largest absolute Gasteiger partial charge is 0.497 e. The molecule has 0 radical (unpaired) electrons. The summed E-state index contributed by atoms with van der Waals surface area (Å²) >= 11 is 0. The van der Waals surface area contributed by atoms with Gasteiger partial charge < -0.3 is 14.4 Å². The van der Waals surface area contributed by atoms with Crippen molar-refractivity contribution in [3.8, 4) is 5.75 Å². The van der Waals surface area contributed by atoms with Crippen LogP contribution in [0.25, 0.3) is 0 Å². The number of esters is 1. The molecule has 0 bridgehead atoms. The van der Waals surface area contributed by atoms with Crippen LogP contribution in [0.3, 0.4) is 0 Å². The zero-order valence-electron chi connectivity index (χ0n) is 16.4. The van der Waals surface area contributed by atoms with Crippen molar-refractivity contribution in [3.63, 3.8) is 0 Å². The lowest BCUT2D eigenvalue weighted by Crippen LogP contribution is -2.52. The SMILES string of the molecule is COC(=O)c1ccc(N2CCN(CCc3ccc(OC)cc3)C(C)C2)cc1. The molecule has 0 amide bonds. The third-order valence-electron chi connectivity index (χ3n) is 5.27. The first kappa shape index (κ1) is 19.2. The second-order valence-electron chi connectivity index (χ2n) is 6.97. The normalized spacial score (nSPS) is 17.6. The van der Waals surface area contributed by atoms with Gasteiger partial charge in [0.2, 0.25) is 0 Å². The highest BCUT2D eigenvalue weighted by Gasteiger charge is 2.23. The minimum atomic E-state index is -0.293. The fourth-order valence-corrected chi connectivity index (χ4v) is 3.55. The Balaban J connectivity index is 1.53. The van der Waals surface area contributed by atoms with E-state index in [0.717, 1.165) is 44.0 Å². The smallest absolute Gasteiger partial charge is 0.337 e. The molecule has 3 rings (SSSR count). The molecule has 0 spiro atoms. The number of rotatable bonds is 6. The fraction of sp³-hybridized carbons (Fsp3) is 0.409. The first-order valence-electron chi connectivity index (χ1n) is 9.41. The Bertz CT molecular complexity index is 743. The van der Waals surface area contributed by atoms with Gasteiger partial charge in [-0.15, -0.1) is 0 Å². The minimum absolute atomic E-state index is 0.293. The molecule has 1 aliphatic rings. The number of carbonyl (C=O) groups excluding carboxylic acids is 1. The monoisotopic (exact) mass is 368 g/mol. The zero-order chi connectivity index (χ0) is 19.2. The van der Waals surface area contributed by atoms with Crippen LogP contribution in [0, 0.1) is 0 Å². The van der Waals surface area contributed by atoms with Crippen molar-refractivity contribution in [2.45, 2.75) is 19.4 Å². The van der Waals surface area contributed by atoms with E-state index in [4.69, 9.17) is 9.47 Å². The number of methoxy groups -OCH3 is 2. The number of ether oxygens (including phenoxy) is 2. The maximum Gasteiger partial charge on any atom is 0.337 e. The highest BCUT2D eigenvalue weighted by molar-refractivity contribution is 5.89. The lowest BCUT2D eigenvalue weighted by Gasteiger charge is -2.41. The van der Waals surface area contributed by atoms with Crippen LogP contribution in [-0.4, -0.2) is 57.3 Å². The average molecular weight is 368 g/mol. The summed E-state index contributed by atoms with van der Waals surface area (Å²) in [5, 5.41) is 0. The molecule has 144 valence electrons. The molecule has 0 N–H and O–H groups in total. The second kappa shape index (κ2) is 8.91. The summed E-state index contributed by atoms with van der Waals surface area (Å²) in [4.78, 5) is 16.5. The van der Waals surface area contributed by atoms with Crippen LogP contribution in [0.5, 0.6) is 5.75 Å². The van der Waals surface area contributed by atoms with Gasteiger partial charge in [0.25, 0.3) is 0 Å². The van der Waals surface area contributed by atoms with Crippen LogP contribution in [0.1, 0.15) is 22.8 Å². The molecule has 0 aliphatic carbocycles. The number of hydrogen-bond acceptors (Lipinski definition) is 5. The lowest BCUT2D eigenvalue weighted by atomic mass is 10.1. The minimum Gasteiger partial charge on any atom is -0.497 e. The van der Waals surface area contributed by atoms with Crippen molar-refractivity contribution < 1.29 is 14.3 Å². The second-order valence-corrected chi connectivity index (χ2v) is 6.97. The Morgan fingerprint density at radius 3 is 2.33 bits per heavy atom. The predicted octanol–water partition coefficient (Wildman–Crippen LogP) is 3.24. The van der Waals surface area contributed by atoms with Crippen molar-refractivity contribution in [1.29, 1.82) is 0 Å². The van der Waals surface area contributed by atoms with E-state index in [1.54, 1.807) is 7.11 Å². The molecule has 0 saturated carbocycles. The van der Waals surface area contributed by atoms with Crippen molar-refractivity contribution >= 4 is 11.7 Å². The molecular weight excluding hydrogens is 340 g/mol. The summed E-state index contributed by atoms with van der Waals surface area (Å²) < 4.78 is 9.98. The number of carbonyl (C=O) groups is 1. The quantitative estimate of drug-likeness (QED) is 0.733. The first-order chi connectivity index (χ1) is 13.1. The fourth-order valence-electron chi connectivity index (χ4n) is 3.55. The molecule has 27 heavy (non-hydrogen) atoms. The van der Waals surface area contributed by atoms with Gasteiger partial charge in [-0.1, -0.05) is 12.1 Å². The van der Waals surface area contributed by atoms with Crippen molar-refractivity contribution in [1.82, 2.24) is 4.90 Å². The van der Waals surface area contributed by atoms with Crippen LogP contribution < -0.4 is 9.64 Å². The van der Waals surface area contributed by atoms with Crippen LogP contribution in [-0.2, 0) is 11.2 Å². The van der Waals surface area contributed by atoms with E-state index in [-0.39, 0.29) is 5.97 Å². The predicted molar refractivity (Wildman–Crippen MR) is 108 cm³/mol. The van der Waals surface area contributed by atoms with Gasteiger partial charge >= 0.3 is 5.97 Å². The van der Waals surface area contributed by atoms with E-state index in [1.165, 1.54) is 12.7 Å². The number of anilines is 1. The molecule has 5 nitrogen and oxygen atoms in total. The van der Waals surface area contributed by atoms with Gasteiger partial charge in [-0.2, -0.15) is 0 Å². The molecule has 1 unspecified atom stereocenters. The molecule has 1 atom stereocenters. The van der Waals surface area contributed by atoms with Crippen LogP contribution >= 0.6 is 0 Å². The van der Waals surface area contributed by atoms with Crippen LogP contribution in [0.2, 0.25) is 0 Å². The van der Waals surface area contributed by atoms with Gasteiger partial charge in [-0.3, -0.25) is 4.90 Å². The Labute approximate surface area is 161 Å². The van der Waals surface area contributed by atoms with E-state index in [1.807, 2.05) is 36.4 Å². The van der Waals surface area contributed by atoms with Gasteiger partial charge in [-0.05, 0) is 55.3 Å². The number of nitrogens with zero attached hydrogens (tertiary/aromatic N) is 2. The summed E-state index contributed by atoms with van der Waals surface area (Å²) in [6.07, 6.45) is 1.04. The Kier molecular flexibility index (Phi) is 6.35. The summed E-state index contributed by atoms with van der Waals surface area (Å²) in [5.41, 5.74) is 3.08. The van der Waals surface area contributed by atoms with Gasteiger partial charge in [0.05, 0.1) is 19.8 Å². The van der Waals surface area contributed by atoms with E-state index in [2.05, 4.69) is 28.9 Å². The van der Waals surface area contributed by atoms with Crippen molar-refractivity contribution in [3.05, 3.63) is 59.7 Å². The van der Waals surface area contributed by atoms with Gasteiger partial charge in [0.15, 0.2) is 0 Å². The van der Waals surface area contributed by atoms with E-state index >= 15 is 0 Å². The first-order valence-corrected chi connectivity index (χ1v) is 9.41. The molecule has 1 saturated heterocycles. The van der Waals surface area contributed by atoms with Gasteiger partial charge in [0, 0.05) is 37.9 Å². The number of piperazine rings is 1. The summed E-state index contributed by atoms with van der Waals surface area (Å²) in [6.45, 7) is 6.35. The molecular formula is C22H28N2O3. The Morgan fingerprint density at radius 2 is 1.74 bits per heavy atom. The van der Waals surface area contributed by atoms with Crippen LogP contribution in [0.4, 0.5) is 5.69 Å². The van der Waals surface area contributed by atoms with Crippen molar-refractivity contribution in [2.75, 3.05) is 45.3 Å². The number of hydrogen-bond donors (Lipinski definition) is 0. The molecule has 1 fully saturated rings. The zero-order valence-corrected chi connectivity index (χ0v) is 16.4. The summed E-state index contributed by atoms with van der Waals surface area (Å²) in [5.74, 6) is 0.609. The van der Waals surface area contributed by atoms with E-state index in [0.29, 0.717) is 11.6 Å².